The minimum atomic E-state index is -0.347. The summed E-state index contributed by atoms with van der Waals surface area (Å²) in [6, 6.07) is 4.86. The van der Waals surface area contributed by atoms with Crippen LogP contribution in [-0.4, -0.2) is 20.7 Å². The van der Waals surface area contributed by atoms with Gasteiger partial charge < -0.3 is 15.8 Å². The summed E-state index contributed by atoms with van der Waals surface area (Å²) >= 11 is 0. The van der Waals surface area contributed by atoms with Crippen LogP contribution < -0.4 is 15.8 Å². The van der Waals surface area contributed by atoms with Crippen molar-refractivity contribution < 1.29 is 9.13 Å². The lowest BCUT2D eigenvalue weighted by atomic mass is 9.90. The minimum Gasteiger partial charge on any atom is -0.494 e. The van der Waals surface area contributed by atoms with E-state index in [2.05, 4.69) is 5.32 Å². The Morgan fingerprint density at radius 1 is 1.53 bits per heavy atom. The summed E-state index contributed by atoms with van der Waals surface area (Å²) in [5.41, 5.74) is 7.18. The van der Waals surface area contributed by atoms with Crippen LogP contribution in [0.15, 0.2) is 18.2 Å². The Kier molecular flexibility index (Phi) is 3.35. The quantitative estimate of drug-likeness (QED) is 0.822. The smallest absolute Gasteiger partial charge is 0.165 e. The molecule has 0 bridgehead atoms. The molecule has 1 atom stereocenters. The third kappa shape index (κ3) is 2.28. The molecular weight excluding hydrogens is 219 g/mol. The van der Waals surface area contributed by atoms with E-state index >= 15 is 0 Å². The summed E-state index contributed by atoms with van der Waals surface area (Å²) < 4.78 is 18.5. The standard InChI is InChI=1S/C13H19FN2O/c1-16-8-13(5-6-13)12(15)9-3-4-11(17-2)10(14)7-9/h3-4,7,12,16H,5-6,8,15H2,1-2H3. The fraction of sp³-hybridized carbons (Fsp3) is 0.538. The maximum atomic E-state index is 13.6. The molecule has 0 heterocycles. The molecule has 3 N–H and O–H groups in total. The number of hydrogen-bond donors (Lipinski definition) is 2. The van der Waals surface area contributed by atoms with Crippen molar-refractivity contribution in [1.29, 1.82) is 0 Å². The van der Waals surface area contributed by atoms with E-state index in [0.29, 0.717) is 0 Å². The van der Waals surface area contributed by atoms with E-state index in [0.717, 1.165) is 24.9 Å². The molecule has 0 amide bonds. The molecule has 1 saturated carbocycles. The van der Waals surface area contributed by atoms with E-state index in [-0.39, 0.29) is 23.0 Å². The zero-order chi connectivity index (χ0) is 12.5. The molecule has 3 nitrogen and oxygen atoms in total. The van der Waals surface area contributed by atoms with Crippen LogP contribution in [0.4, 0.5) is 4.39 Å². The van der Waals surface area contributed by atoms with Crippen molar-refractivity contribution in [2.45, 2.75) is 18.9 Å². The molecule has 1 unspecified atom stereocenters. The van der Waals surface area contributed by atoms with Gasteiger partial charge >= 0.3 is 0 Å². The number of nitrogens with two attached hydrogens (primary N) is 1. The normalized spacial score (nSPS) is 18.8. The van der Waals surface area contributed by atoms with Crippen molar-refractivity contribution in [3.05, 3.63) is 29.6 Å². The molecule has 1 aromatic rings. The molecule has 0 aromatic heterocycles. The van der Waals surface area contributed by atoms with Crippen LogP contribution in [0.5, 0.6) is 5.75 Å². The van der Waals surface area contributed by atoms with Crippen LogP contribution >= 0.6 is 0 Å². The number of halogens is 1. The van der Waals surface area contributed by atoms with E-state index in [9.17, 15) is 4.39 Å². The second-order valence-corrected chi connectivity index (χ2v) is 4.76. The first-order valence-electron chi connectivity index (χ1n) is 5.86. The predicted octanol–water partition coefficient (Wildman–Crippen LogP) is 1.83. The Hall–Kier alpha value is -1.13. The molecule has 1 aromatic carbocycles. The summed E-state index contributed by atoms with van der Waals surface area (Å²) in [6.45, 7) is 0.877. The third-order valence-corrected chi connectivity index (χ3v) is 3.62. The zero-order valence-electron chi connectivity index (χ0n) is 10.3. The lowest BCUT2D eigenvalue weighted by molar-refractivity contribution is 0.377. The highest BCUT2D eigenvalue weighted by atomic mass is 19.1. The van der Waals surface area contributed by atoms with Gasteiger partial charge in [0.2, 0.25) is 0 Å². The lowest BCUT2D eigenvalue weighted by Crippen LogP contribution is -2.31. The van der Waals surface area contributed by atoms with Gasteiger partial charge in [-0.1, -0.05) is 6.07 Å². The van der Waals surface area contributed by atoms with Crippen molar-refractivity contribution in [1.82, 2.24) is 5.32 Å². The summed E-state index contributed by atoms with van der Waals surface area (Å²) in [5.74, 6) is -0.0832. The Labute approximate surface area is 101 Å². The van der Waals surface area contributed by atoms with Gasteiger partial charge in [0.1, 0.15) is 0 Å². The number of rotatable bonds is 5. The molecule has 0 spiro atoms. The Morgan fingerprint density at radius 2 is 2.24 bits per heavy atom. The van der Waals surface area contributed by atoms with Crippen LogP contribution in [-0.2, 0) is 0 Å². The lowest BCUT2D eigenvalue weighted by Gasteiger charge is -2.23. The number of hydrogen-bond acceptors (Lipinski definition) is 3. The van der Waals surface area contributed by atoms with Crippen LogP contribution in [0.2, 0.25) is 0 Å². The van der Waals surface area contributed by atoms with Gasteiger partial charge in [0.25, 0.3) is 0 Å². The minimum absolute atomic E-state index is 0.107. The molecule has 94 valence electrons. The Bertz CT molecular complexity index is 404. The summed E-state index contributed by atoms with van der Waals surface area (Å²) in [5, 5.41) is 3.16. The van der Waals surface area contributed by atoms with Crippen LogP contribution in [0.3, 0.4) is 0 Å². The van der Waals surface area contributed by atoms with Gasteiger partial charge in [-0.3, -0.25) is 0 Å². The number of nitrogens with one attached hydrogen (secondary N) is 1. The van der Waals surface area contributed by atoms with Crippen LogP contribution in [0, 0.1) is 11.2 Å². The Morgan fingerprint density at radius 3 is 2.71 bits per heavy atom. The largest absolute Gasteiger partial charge is 0.494 e. The van der Waals surface area contributed by atoms with E-state index in [1.165, 1.54) is 13.2 Å². The molecule has 17 heavy (non-hydrogen) atoms. The van der Waals surface area contributed by atoms with E-state index in [1.54, 1.807) is 6.07 Å². The maximum absolute atomic E-state index is 13.6. The highest BCUT2D eigenvalue weighted by Crippen LogP contribution is 2.53. The van der Waals surface area contributed by atoms with E-state index in [4.69, 9.17) is 10.5 Å². The second kappa shape index (κ2) is 4.63. The monoisotopic (exact) mass is 238 g/mol. The van der Waals surface area contributed by atoms with Crippen LogP contribution in [0.1, 0.15) is 24.4 Å². The summed E-state index contributed by atoms with van der Waals surface area (Å²) in [6.07, 6.45) is 2.20. The van der Waals surface area contributed by atoms with Crippen LogP contribution in [0.25, 0.3) is 0 Å². The predicted molar refractivity (Wildman–Crippen MR) is 65.5 cm³/mol. The van der Waals surface area contributed by atoms with Gasteiger partial charge in [0.05, 0.1) is 7.11 Å². The molecule has 4 heteroatoms. The summed E-state index contributed by atoms with van der Waals surface area (Å²) in [4.78, 5) is 0. The van der Waals surface area contributed by atoms with Gasteiger partial charge in [0.15, 0.2) is 11.6 Å². The fourth-order valence-corrected chi connectivity index (χ4v) is 2.34. The van der Waals surface area contributed by atoms with Crippen molar-refractivity contribution >= 4 is 0 Å². The molecule has 1 aliphatic rings. The Balaban J connectivity index is 2.20. The molecule has 1 aliphatic carbocycles. The third-order valence-electron chi connectivity index (χ3n) is 3.62. The first kappa shape index (κ1) is 12.3. The van der Waals surface area contributed by atoms with E-state index < -0.39 is 0 Å². The number of methoxy groups -OCH3 is 1. The van der Waals surface area contributed by atoms with Gasteiger partial charge in [-0.15, -0.1) is 0 Å². The van der Waals surface area contributed by atoms with Crippen molar-refractivity contribution in [3.8, 4) is 5.75 Å². The topological polar surface area (TPSA) is 47.3 Å². The highest BCUT2D eigenvalue weighted by molar-refractivity contribution is 5.32. The number of ether oxygens (including phenoxy) is 1. The highest BCUT2D eigenvalue weighted by Gasteiger charge is 2.47. The fourth-order valence-electron chi connectivity index (χ4n) is 2.34. The second-order valence-electron chi connectivity index (χ2n) is 4.76. The first-order valence-corrected chi connectivity index (χ1v) is 5.86. The zero-order valence-corrected chi connectivity index (χ0v) is 10.3. The molecule has 0 aliphatic heterocycles. The average Bonchev–Trinajstić information content (AvgIpc) is 3.09. The van der Waals surface area contributed by atoms with Gasteiger partial charge in [-0.2, -0.15) is 0 Å². The molecular formula is C13H19FN2O. The SMILES string of the molecule is CNCC1(C(N)c2ccc(OC)c(F)c2)CC1. The first-order chi connectivity index (χ1) is 8.13. The van der Waals surface area contributed by atoms with Gasteiger partial charge in [-0.25, -0.2) is 4.39 Å². The molecule has 2 rings (SSSR count). The van der Waals surface area contributed by atoms with Crippen molar-refractivity contribution in [3.63, 3.8) is 0 Å². The molecule has 1 fully saturated rings. The van der Waals surface area contributed by atoms with Crippen molar-refractivity contribution in [2.24, 2.45) is 11.1 Å². The number of benzene rings is 1. The van der Waals surface area contributed by atoms with Crippen molar-refractivity contribution in [2.75, 3.05) is 20.7 Å². The van der Waals surface area contributed by atoms with Gasteiger partial charge in [-0.05, 0) is 37.6 Å². The maximum Gasteiger partial charge on any atom is 0.165 e. The van der Waals surface area contributed by atoms with E-state index in [1.807, 2.05) is 13.1 Å². The summed E-state index contributed by atoms with van der Waals surface area (Å²) in [7, 11) is 3.38. The average molecular weight is 238 g/mol. The molecule has 0 saturated heterocycles. The molecule has 0 radical (unpaired) electrons. The van der Waals surface area contributed by atoms with Gasteiger partial charge in [0, 0.05) is 18.0 Å².